The third-order valence-corrected chi connectivity index (χ3v) is 3.66. The van der Waals surface area contributed by atoms with Crippen LogP contribution in [-0.4, -0.2) is 50.3 Å². The Hall–Kier alpha value is -0.120. The highest BCUT2D eigenvalue weighted by Crippen LogP contribution is 2.19. The molecule has 1 N–H and O–H groups in total. The van der Waals surface area contributed by atoms with Gasteiger partial charge in [0.2, 0.25) is 0 Å². The van der Waals surface area contributed by atoms with Crippen molar-refractivity contribution in [2.24, 2.45) is 5.92 Å². The van der Waals surface area contributed by atoms with E-state index in [4.69, 9.17) is 4.74 Å². The average Bonchev–Trinajstić information content (AvgIpc) is 3.06. The zero-order valence-corrected chi connectivity index (χ0v) is 12.2. The maximum Gasteiger partial charge on any atom is 0.0630 e. The standard InChI is InChI=1S/C14H30N2O/c1-11(2)8-12(3)16(4)14(10-17-5)9-15-13-6-7-13/h11-15H,6-10H2,1-5H3. The molecule has 0 bridgehead atoms. The van der Waals surface area contributed by atoms with Crippen LogP contribution < -0.4 is 5.32 Å². The Labute approximate surface area is 107 Å². The van der Waals surface area contributed by atoms with Crippen molar-refractivity contribution in [2.45, 2.75) is 58.2 Å². The van der Waals surface area contributed by atoms with Crippen LogP contribution >= 0.6 is 0 Å². The minimum absolute atomic E-state index is 0.495. The fraction of sp³-hybridized carbons (Fsp3) is 1.00. The summed E-state index contributed by atoms with van der Waals surface area (Å²) in [6, 6.07) is 1.90. The van der Waals surface area contributed by atoms with Gasteiger partial charge in [-0.05, 0) is 39.2 Å². The number of likely N-dealkylation sites (N-methyl/N-ethyl adjacent to an activating group) is 1. The minimum Gasteiger partial charge on any atom is -0.383 e. The summed E-state index contributed by atoms with van der Waals surface area (Å²) in [4.78, 5) is 2.47. The normalized spacial score (nSPS) is 19.9. The molecule has 1 rings (SSSR count). The summed E-state index contributed by atoms with van der Waals surface area (Å²) < 4.78 is 5.35. The molecule has 0 aromatic carbocycles. The second-order valence-electron chi connectivity index (χ2n) is 5.94. The molecule has 102 valence electrons. The highest BCUT2D eigenvalue weighted by Gasteiger charge is 2.25. The fourth-order valence-electron chi connectivity index (χ4n) is 2.31. The van der Waals surface area contributed by atoms with Gasteiger partial charge in [0.05, 0.1) is 6.61 Å². The van der Waals surface area contributed by atoms with E-state index in [0.29, 0.717) is 12.1 Å². The lowest BCUT2D eigenvalue weighted by atomic mass is 10.0. The van der Waals surface area contributed by atoms with E-state index < -0.39 is 0 Å². The number of nitrogens with one attached hydrogen (secondary N) is 1. The second-order valence-corrected chi connectivity index (χ2v) is 5.94. The van der Waals surface area contributed by atoms with Crippen LogP contribution in [0.4, 0.5) is 0 Å². The number of rotatable bonds is 9. The molecular formula is C14H30N2O. The maximum absolute atomic E-state index is 5.35. The summed E-state index contributed by atoms with van der Waals surface area (Å²) >= 11 is 0. The van der Waals surface area contributed by atoms with E-state index in [1.807, 2.05) is 0 Å². The van der Waals surface area contributed by atoms with Crippen LogP contribution in [0.3, 0.4) is 0 Å². The highest BCUT2D eigenvalue weighted by molar-refractivity contribution is 4.84. The van der Waals surface area contributed by atoms with Crippen LogP contribution in [0.25, 0.3) is 0 Å². The molecule has 17 heavy (non-hydrogen) atoms. The highest BCUT2D eigenvalue weighted by atomic mass is 16.5. The van der Waals surface area contributed by atoms with Gasteiger partial charge >= 0.3 is 0 Å². The molecule has 0 aromatic rings. The topological polar surface area (TPSA) is 24.5 Å². The second kappa shape index (κ2) is 7.34. The Bertz CT molecular complexity index is 204. The Morgan fingerprint density at radius 2 is 1.94 bits per heavy atom. The van der Waals surface area contributed by atoms with Crippen LogP contribution in [0.2, 0.25) is 0 Å². The van der Waals surface area contributed by atoms with Gasteiger partial charge in [0, 0.05) is 31.8 Å². The van der Waals surface area contributed by atoms with Crippen molar-refractivity contribution in [2.75, 3.05) is 27.3 Å². The van der Waals surface area contributed by atoms with E-state index >= 15 is 0 Å². The number of hydrogen-bond donors (Lipinski definition) is 1. The van der Waals surface area contributed by atoms with Gasteiger partial charge in [-0.1, -0.05) is 13.8 Å². The molecule has 0 aliphatic heterocycles. The van der Waals surface area contributed by atoms with E-state index in [1.54, 1.807) is 7.11 Å². The molecule has 0 heterocycles. The van der Waals surface area contributed by atoms with Crippen LogP contribution in [0.1, 0.15) is 40.0 Å². The summed E-state index contributed by atoms with van der Waals surface area (Å²) in [6.45, 7) is 8.77. The molecule has 0 spiro atoms. The van der Waals surface area contributed by atoms with Crippen molar-refractivity contribution in [1.82, 2.24) is 10.2 Å². The molecule has 0 saturated heterocycles. The lowest BCUT2D eigenvalue weighted by Crippen LogP contribution is -2.47. The molecule has 1 aliphatic carbocycles. The first-order valence-corrected chi connectivity index (χ1v) is 6.98. The average molecular weight is 242 g/mol. The van der Waals surface area contributed by atoms with Crippen molar-refractivity contribution in [3.05, 3.63) is 0 Å². The monoisotopic (exact) mass is 242 g/mol. The summed E-state index contributed by atoms with van der Waals surface area (Å²) in [7, 11) is 4.02. The summed E-state index contributed by atoms with van der Waals surface area (Å²) in [5.41, 5.74) is 0. The predicted molar refractivity (Wildman–Crippen MR) is 73.4 cm³/mol. The van der Waals surface area contributed by atoms with Crippen molar-refractivity contribution in [3.63, 3.8) is 0 Å². The molecule has 0 radical (unpaired) electrons. The van der Waals surface area contributed by atoms with Crippen molar-refractivity contribution < 1.29 is 4.74 Å². The molecular weight excluding hydrogens is 212 g/mol. The number of nitrogens with zero attached hydrogens (tertiary/aromatic N) is 1. The first kappa shape index (κ1) is 14.9. The van der Waals surface area contributed by atoms with E-state index in [0.717, 1.165) is 25.1 Å². The Morgan fingerprint density at radius 1 is 1.29 bits per heavy atom. The maximum atomic E-state index is 5.35. The molecule has 2 unspecified atom stereocenters. The zero-order chi connectivity index (χ0) is 12.8. The molecule has 3 nitrogen and oxygen atoms in total. The van der Waals surface area contributed by atoms with Crippen LogP contribution in [0.5, 0.6) is 0 Å². The Kier molecular flexibility index (Phi) is 6.45. The summed E-state index contributed by atoms with van der Waals surface area (Å²) in [5.74, 6) is 0.757. The quantitative estimate of drug-likeness (QED) is 0.670. The zero-order valence-electron chi connectivity index (χ0n) is 12.2. The van der Waals surface area contributed by atoms with Crippen LogP contribution in [-0.2, 0) is 4.74 Å². The molecule has 1 fully saturated rings. The molecule has 3 heteroatoms. The lowest BCUT2D eigenvalue weighted by Gasteiger charge is -2.34. The number of hydrogen-bond acceptors (Lipinski definition) is 3. The first-order chi connectivity index (χ1) is 8.04. The fourth-order valence-corrected chi connectivity index (χ4v) is 2.31. The van der Waals surface area contributed by atoms with Crippen molar-refractivity contribution >= 4 is 0 Å². The smallest absolute Gasteiger partial charge is 0.0630 e. The summed E-state index contributed by atoms with van der Waals surface area (Å²) in [6.07, 6.45) is 3.95. The van der Waals surface area contributed by atoms with Gasteiger partial charge in [0.1, 0.15) is 0 Å². The van der Waals surface area contributed by atoms with Gasteiger partial charge in [-0.2, -0.15) is 0 Å². The summed E-state index contributed by atoms with van der Waals surface area (Å²) in [5, 5.41) is 3.61. The van der Waals surface area contributed by atoms with Crippen LogP contribution in [0.15, 0.2) is 0 Å². The molecule has 1 aliphatic rings. The van der Waals surface area contributed by atoms with Crippen molar-refractivity contribution in [1.29, 1.82) is 0 Å². The Balaban J connectivity index is 2.36. The lowest BCUT2D eigenvalue weighted by molar-refractivity contribution is 0.0774. The SMILES string of the molecule is COCC(CNC1CC1)N(C)C(C)CC(C)C. The van der Waals surface area contributed by atoms with Gasteiger partial charge in [0.25, 0.3) is 0 Å². The van der Waals surface area contributed by atoms with Crippen molar-refractivity contribution in [3.8, 4) is 0 Å². The van der Waals surface area contributed by atoms with E-state index in [9.17, 15) is 0 Å². The molecule has 2 atom stereocenters. The third kappa shape index (κ3) is 5.84. The molecule has 0 amide bonds. The molecule has 1 saturated carbocycles. The largest absolute Gasteiger partial charge is 0.383 e. The van der Waals surface area contributed by atoms with Gasteiger partial charge in [0.15, 0.2) is 0 Å². The minimum atomic E-state index is 0.495. The predicted octanol–water partition coefficient (Wildman–Crippen LogP) is 2.12. The van der Waals surface area contributed by atoms with Gasteiger partial charge < -0.3 is 10.1 Å². The molecule has 0 aromatic heterocycles. The van der Waals surface area contributed by atoms with E-state index in [2.05, 4.69) is 38.0 Å². The van der Waals surface area contributed by atoms with Gasteiger partial charge in [-0.15, -0.1) is 0 Å². The van der Waals surface area contributed by atoms with Gasteiger partial charge in [-0.25, -0.2) is 0 Å². The van der Waals surface area contributed by atoms with Gasteiger partial charge in [-0.3, -0.25) is 4.90 Å². The van der Waals surface area contributed by atoms with E-state index in [-0.39, 0.29) is 0 Å². The Morgan fingerprint density at radius 3 is 2.41 bits per heavy atom. The van der Waals surface area contributed by atoms with Crippen LogP contribution in [0, 0.1) is 5.92 Å². The first-order valence-electron chi connectivity index (χ1n) is 6.98. The number of methoxy groups -OCH3 is 1. The number of ether oxygens (including phenoxy) is 1. The van der Waals surface area contributed by atoms with E-state index in [1.165, 1.54) is 19.3 Å². The third-order valence-electron chi connectivity index (χ3n) is 3.66.